The minimum absolute atomic E-state index is 0.151. The van der Waals surface area contributed by atoms with Crippen LogP contribution in [0.4, 0.5) is 0 Å². The molecule has 0 spiro atoms. The third-order valence-corrected chi connectivity index (χ3v) is 3.83. The highest BCUT2D eigenvalue weighted by atomic mass is 32.1. The number of fused-ring (bicyclic) bond motifs is 1. The lowest BCUT2D eigenvalue weighted by Crippen LogP contribution is -2.07. The molecule has 0 N–H and O–H groups in total. The molecular weight excluding hydrogens is 256 g/mol. The van der Waals surface area contributed by atoms with Crippen LogP contribution in [0.1, 0.15) is 10.7 Å². The maximum Gasteiger partial charge on any atom is 0.145 e. The highest BCUT2D eigenvalue weighted by molar-refractivity contribution is 7.18. The van der Waals surface area contributed by atoms with E-state index in [0.29, 0.717) is 12.8 Å². The molecule has 1 aromatic carbocycles. The zero-order valence-corrected chi connectivity index (χ0v) is 11.1. The van der Waals surface area contributed by atoms with Gasteiger partial charge in [0.05, 0.1) is 16.6 Å². The van der Waals surface area contributed by atoms with Crippen LogP contribution < -0.4 is 0 Å². The SMILES string of the molecule is O=C(Cc1ccccn1)Cc1nc2ccccc2s1. The summed E-state index contributed by atoms with van der Waals surface area (Å²) in [7, 11) is 0. The van der Waals surface area contributed by atoms with Gasteiger partial charge in [-0.1, -0.05) is 18.2 Å². The Morgan fingerprint density at radius 1 is 1.05 bits per heavy atom. The number of benzene rings is 1. The van der Waals surface area contributed by atoms with E-state index in [4.69, 9.17) is 0 Å². The van der Waals surface area contributed by atoms with E-state index in [-0.39, 0.29) is 5.78 Å². The smallest absolute Gasteiger partial charge is 0.145 e. The molecule has 94 valence electrons. The molecule has 0 fully saturated rings. The standard InChI is InChI=1S/C15H12N2OS/c18-12(9-11-5-3-4-8-16-11)10-15-17-13-6-1-2-7-14(13)19-15/h1-8H,9-10H2. The Morgan fingerprint density at radius 3 is 2.68 bits per heavy atom. The number of hydrogen-bond acceptors (Lipinski definition) is 4. The summed E-state index contributed by atoms with van der Waals surface area (Å²) in [6.07, 6.45) is 2.47. The number of pyridine rings is 1. The Hall–Kier alpha value is -2.07. The van der Waals surface area contributed by atoms with Gasteiger partial charge in [-0.05, 0) is 24.3 Å². The predicted octanol–water partition coefficient (Wildman–Crippen LogP) is 3.05. The predicted molar refractivity (Wildman–Crippen MR) is 76.3 cm³/mol. The van der Waals surface area contributed by atoms with Crippen LogP contribution >= 0.6 is 11.3 Å². The molecule has 0 saturated heterocycles. The first kappa shape index (κ1) is 12.0. The molecule has 0 aliphatic rings. The Kier molecular flexibility index (Phi) is 3.33. The summed E-state index contributed by atoms with van der Waals surface area (Å²) in [6, 6.07) is 13.6. The minimum atomic E-state index is 0.151. The van der Waals surface area contributed by atoms with Crippen LogP contribution in [0.25, 0.3) is 10.2 Å². The van der Waals surface area contributed by atoms with E-state index >= 15 is 0 Å². The third-order valence-electron chi connectivity index (χ3n) is 2.79. The van der Waals surface area contributed by atoms with Gasteiger partial charge < -0.3 is 0 Å². The lowest BCUT2D eigenvalue weighted by Gasteiger charge is -1.97. The van der Waals surface area contributed by atoms with E-state index in [2.05, 4.69) is 9.97 Å². The van der Waals surface area contributed by atoms with Gasteiger partial charge in [0.15, 0.2) is 0 Å². The number of thiazole rings is 1. The number of aromatic nitrogens is 2. The topological polar surface area (TPSA) is 42.9 Å². The number of ketones is 1. The van der Waals surface area contributed by atoms with Gasteiger partial charge in [0.1, 0.15) is 10.8 Å². The molecule has 0 bridgehead atoms. The third kappa shape index (κ3) is 2.85. The molecule has 0 aliphatic carbocycles. The fraction of sp³-hybridized carbons (Fsp3) is 0.133. The van der Waals surface area contributed by atoms with Crippen molar-refractivity contribution < 1.29 is 4.79 Å². The highest BCUT2D eigenvalue weighted by Crippen LogP contribution is 2.22. The van der Waals surface area contributed by atoms with Crippen molar-refractivity contribution in [3.05, 3.63) is 59.4 Å². The maximum absolute atomic E-state index is 12.0. The van der Waals surface area contributed by atoms with Gasteiger partial charge >= 0.3 is 0 Å². The molecule has 0 aliphatic heterocycles. The van der Waals surface area contributed by atoms with Crippen molar-refractivity contribution >= 4 is 27.3 Å². The average Bonchev–Trinajstić information content (AvgIpc) is 2.81. The van der Waals surface area contributed by atoms with Crippen molar-refractivity contribution in [3.63, 3.8) is 0 Å². The van der Waals surface area contributed by atoms with E-state index in [1.54, 1.807) is 17.5 Å². The zero-order valence-electron chi connectivity index (χ0n) is 10.2. The molecule has 3 aromatic rings. The first-order valence-corrected chi connectivity index (χ1v) is 6.89. The molecule has 0 atom stereocenters. The number of carbonyl (C=O) groups is 1. The van der Waals surface area contributed by atoms with Crippen molar-refractivity contribution in [2.45, 2.75) is 12.8 Å². The molecule has 2 aromatic heterocycles. The van der Waals surface area contributed by atoms with Crippen LogP contribution in [-0.4, -0.2) is 15.8 Å². The summed E-state index contributed by atoms with van der Waals surface area (Å²) in [5.41, 5.74) is 1.78. The quantitative estimate of drug-likeness (QED) is 0.730. The van der Waals surface area contributed by atoms with Crippen molar-refractivity contribution in [2.24, 2.45) is 0 Å². The van der Waals surface area contributed by atoms with Crippen LogP contribution in [-0.2, 0) is 17.6 Å². The monoisotopic (exact) mass is 268 g/mol. The van der Waals surface area contributed by atoms with Crippen molar-refractivity contribution in [3.8, 4) is 0 Å². The molecule has 0 unspecified atom stereocenters. The molecule has 2 heterocycles. The Balaban J connectivity index is 1.72. The van der Waals surface area contributed by atoms with Crippen molar-refractivity contribution in [1.29, 1.82) is 0 Å². The lowest BCUT2D eigenvalue weighted by atomic mass is 10.1. The van der Waals surface area contributed by atoms with Gasteiger partial charge in [-0.25, -0.2) is 4.98 Å². The fourth-order valence-corrected chi connectivity index (χ4v) is 2.93. The van der Waals surface area contributed by atoms with Crippen molar-refractivity contribution in [1.82, 2.24) is 9.97 Å². The molecule has 4 heteroatoms. The van der Waals surface area contributed by atoms with Gasteiger partial charge in [0.25, 0.3) is 0 Å². The number of para-hydroxylation sites is 1. The van der Waals surface area contributed by atoms with Crippen LogP contribution in [0.15, 0.2) is 48.7 Å². The second-order valence-corrected chi connectivity index (χ2v) is 5.40. The molecule has 3 rings (SSSR count). The van der Waals surface area contributed by atoms with E-state index in [9.17, 15) is 4.79 Å². The van der Waals surface area contributed by atoms with Crippen molar-refractivity contribution in [2.75, 3.05) is 0 Å². The Morgan fingerprint density at radius 2 is 1.89 bits per heavy atom. The Bertz CT molecular complexity index is 673. The molecule has 0 radical (unpaired) electrons. The summed E-state index contributed by atoms with van der Waals surface area (Å²) in [5.74, 6) is 0.151. The highest BCUT2D eigenvalue weighted by Gasteiger charge is 2.10. The van der Waals surface area contributed by atoms with Crippen LogP contribution in [0.2, 0.25) is 0 Å². The normalized spacial score (nSPS) is 10.7. The number of nitrogens with zero attached hydrogens (tertiary/aromatic N) is 2. The second kappa shape index (κ2) is 5.28. The summed E-state index contributed by atoms with van der Waals surface area (Å²) in [5, 5.41) is 0.877. The second-order valence-electron chi connectivity index (χ2n) is 4.29. The summed E-state index contributed by atoms with van der Waals surface area (Å²) in [6.45, 7) is 0. The molecule has 0 saturated carbocycles. The minimum Gasteiger partial charge on any atom is -0.299 e. The van der Waals surface area contributed by atoms with Gasteiger partial charge in [0, 0.05) is 18.3 Å². The van der Waals surface area contributed by atoms with Gasteiger partial charge in [-0.3, -0.25) is 9.78 Å². The summed E-state index contributed by atoms with van der Waals surface area (Å²) >= 11 is 1.58. The van der Waals surface area contributed by atoms with E-state index in [0.717, 1.165) is 20.9 Å². The largest absolute Gasteiger partial charge is 0.299 e. The van der Waals surface area contributed by atoms with Gasteiger partial charge in [-0.15, -0.1) is 11.3 Å². The van der Waals surface area contributed by atoms with E-state index < -0.39 is 0 Å². The van der Waals surface area contributed by atoms with Crippen LogP contribution in [0, 0.1) is 0 Å². The molecular formula is C15H12N2OS. The number of rotatable bonds is 4. The summed E-state index contributed by atoms with van der Waals surface area (Å²) in [4.78, 5) is 20.6. The van der Waals surface area contributed by atoms with E-state index in [1.165, 1.54) is 0 Å². The maximum atomic E-state index is 12.0. The van der Waals surface area contributed by atoms with Gasteiger partial charge in [0.2, 0.25) is 0 Å². The molecule has 3 nitrogen and oxygen atoms in total. The zero-order chi connectivity index (χ0) is 13.1. The summed E-state index contributed by atoms with van der Waals surface area (Å²) < 4.78 is 1.13. The van der Waals surface area contributed by atoms with Crippen LogP contribution in [0.3, 0.4) is 0 Å². The molecule has 0 amide bonds. The lowest BCUT2D eigenvalue weighted by molar-refractivity contribution is -0.117. The number of carbonyl (C=O) groups excluding carboxylic acids is 1. The number of hydrogen-bond donors (Lipinski definition) is 0. The number of Topliss-reactive ketones (excluding diaryl/α,β-unsaturated/α-hetero) is 1. The average molecular weight is 268 g/mol. The first-order valence-electron chi connectivity index (χ1n) is 6.07. The van der Waals surface area contributed by atoms with E-state index in [1.807, 2.05) is 42.5 Å². The Labute approximate surface area is 115 Å². The fourth-order valence-electron chi connectivity index (χ4n) is 1.93. The van der Waals surface area contributed by atoms with Crippen LogP contribution in [0.5, 0.6) is 0 Å². The van der Waals surface area contributed by atoms with Gasteiger partial charge in [-0.2, -0.15) is 0 Å². The first-order chi connectivity index (χ1) is 9.31. The molecule has 19 heavy (non-hydrogen) atoms.